The van der Waals surface area contributed by atoms with Crippen LogP contribution in [0.5, 0.6) is 0 Å². The van der Waals surface area contributed by atoms with E-state index in [2.05, 4.69) is 266 Å². The number of rotatable bonds is 6. The Balaban J connectivity index is 1.09. The summed E-state index contributed by atoms with van der Waals surface area (Å²) < 4.78 is 0. The summed E-state index contributed by atoms with van der Waals surface area (Å²) in [5.41, 5.74) is 26.6. The molecular formula is C75H67N. The van der Waals surface area contributed by atoms with Crippen LogP contribution < -0.4 is 4.90 Å². The minimum Gasteiger partial charge on any atom is -0.309 e. The Morgan fingerprint density at radius 1 is 0.395 bits per heavy atom. The third kappa shape index (κ3) is 6.76. The topological polar surface area (TPSA) is 3.24 Å². The van der Waals surface area contributed by atoms with Crippen molar-refractivity contribution in [3.8, 4) is 44.5 Å². The monoisotopic (exact) mass is 982 g/mol. The van der Waals surface area contributed by atoms with Crippen molar-refractivity contribution in [2.75, 3.05) is 4.90 Å². The zero-order valence-corrected chi connectivity index (χ0v) is 45.3. The summed E-state index contributed by atoms with van der Waals surface area (Å²) in [5, 5.41) is 2.71. The van der Waals surface area contributed by atoms with Crippen LogP contribution in [0.25, 0.3) is 55.3 Å². The molecule has 0 bridgehead atoms. The smallest absolute Gasteiger partial charge is 0.0726 e. The second kappa shape index (κ2) is 17.1. The molecule has 0 aliphatic heterocycles. The van der Waals surface area contributed by atoms with Gasteiger partial charge >= 0.3 is 0 Å². The summed E-state index contributed by atoms with van der Waals surface area (Å²) in [6, 6.07) is 82.6. The third-order valence-corrected chi connectivity index (χ3v) is 18.5. The summed E-state index contributed by atoms with van der Waals surface area (Å²) in [6.07, 6.45) is 6.42. The largest absolute Gasteiger partial charge is 0.309 e. The van der Waals surface area contributed by atoms with Gasteiger partial charge < -0.3 is 4.90 Å². The fourth-order valence-electron chi connectivity index (χ4n) is 14.7. The molecule has 14 rings (SSSR count). The predicted octanol–water partition coefficient (Wildman–Crippen LogP) is 20.3. The van der Waals surface area contributed by atoms with Gasteiger partial charge in [0, 0.05) is 22.2 Å². The Bertz CT molecular complexity index is 3890. The van der Waals surface area contributed by atoms with Crippen LogP contribution in [0.1, 0.15) is 142 Å². The second-order valence-electron chi connectivity index (χ2n) is 24.7. The van der Waals surface area contributed by atoms with Gasteiger partial charge in [-0.1, -0.05) is 249 Å². The lowest BCUT2D eigenvalue weighted by Crippen LogP contribution is -2.27. The summed E-state index contributed by atoms with van der Waals surface area (Å²) in [5.74, 6) is 0.552. The van der Waals surface area contributed by atoms with E-state index in [4.69, 9.17) is 0 Å². The van der Waals surface area contributed by atoms with Crippen molar-refractivity contribution in [3.05, 3.63) is 268 Å². The van der Waals surface area contributed by atoms with Crippen molar-refractivity contribution < 1.29 is 0 Å². The first kappa shape index (κ1) is 46.8. The van der Waals surface area contributed by atoms with E-state index >= 15 is 0 Å². The van der Waals surface area contributed by atoms with Gasteiger partial charge in [0.15, 0.2) is 0 Å². The number of fused-ring (bicyclic) bond motifs is 14. The number of hydrogen-bond donors (Lipinski definition) is 0. The van der Waals surface area contributed by atoms with Crippen LogP contribution in [0.15, 0.2) is 212 Å². The quantitative estimate of drug-likeness (QED) is 0.160. The van der Waals surface area contributed by atoms with Crippen LogP contribution in [-0.2, 0) is 21.7 Å². The molecule has 10 aromatic rings. The zero-order valence-electron chi connectivity index (χ0n) is 45.3. The van der Waals surface area contributed by atoms with Gasteiger partial charge in [0.05, 0.1) is 16.8 Å². The molecular weight excluding hydrogens is 915 g/mol. The Labute approximate surface area is 451 Å². The lowest BCUT2D eigenvalue weighted by molar-refractivity contribution is 0.445. The van der Waals surface area contributed by atoms with E-state index in [0.717, 1.165) is 5.69 Å². The predicted molar refractivity (Wildman–Crippen MR) is 321 cm³/mol. The molecule has 4 aliphatic rings. The highest BCUT2D eigenvalue weighted by atomic mass is 15.1. The number of hydrogen-bond acceptors (Lipinski definition) is 1. The van der Waals surface area contributed by atoms with Crippen LogP contribution in [0, 0.1) is 0 Å². The molecule has 0 saturated heterocycles. The van der Waals surface area contributed by atoms with Gasteiger partial charge in [0.1, 0.15) is 0 Å². The first-order valence-electron chi connectivity index (χ1n) is 28.1. The van der Waals surface area contributed by atoms with E-state index in [-0.39, 0.29) is 16.2 Å². The van der Waals surface area contributed by atoms with Crippen molar-refractivity contribution in [2.45, 2.75) is 108 Å². The van der Waals surface area contributed by atoms with E-state index in [1.54, 1.807) is 0 Å². The van der Waals surface area contributed by atoms with Gasteiger partial charge in [-0.25, -0.2) is 0 Å². The standard InChI is InChI=1S/C75H67N/c1-72(2,3)51-39-42-56-57-43-40-52(73(4,5)6)46-66(57)75(65(56)45-51)63-35-18-14-29-55(63)58-44-41-53(47-67(58)75)76(69-38-22-36-64-71(69)61-31-15-17-34-62(61)74(64,7)50-27-12-9-13-28-50)68-37-19-16-30-59(68)60-33-21-26-49-25-20-32-54(70(49)60)48-23-10-8-11-24-48/h9,12-22,25-48H,8,10-11,23-24H2,1-7H3. The van der Waals surface area contributed by atoms with E-state index in [9.17, 15) is 0 Å². The van der Waals surface area contributed by atoms with E-state index in [1.165, 1.54) is 154 Å². The van der Waals surface area contributed by atoms with Crippen LogP contribution in [0.2, 0.25) is 0 Å². The van der Waals surface area contributed by atoms with Crippen molar-refractivity contribution >= 4 is 27.8 Å². The summed E-state index contributed by atoms with van der Waals surface area (Å²) in [6.45, 7) is 16.6. The average Bonchev–Trinajstić information content (AvgIpc) is 4.18. The molecule has 10 aromatic carbocycles. The molecule has 1 saturated carbocycles. The molecule has 1 heteroatoms. The SMILES string of the molecule is CC(C)(C)c1ccc2c(c1)C1(c3ccccc3-c3ccc(N(c4ccccc4-c4cccc5cccc(C6CCCCC6)c45)c4cccc5c4-c4ccccc4C5(C)c4ccccc4)cc31)c1cc(C(C)(C)C)ccc1-2. The first-order chi connectivity index (χ1) is 36.9. The van der Waals surface area contributed by atoms with Gasteiger partial charge in [0.2, 0.25) is 0 Å². The van der Waals surface area contributed by atoms with E-state index < -0.39 is 5.41 Å². The molecule has 1 atom stereocenters. The first-order valence-corrected chi connectivity index (χ1v) is 28.1. The molecule has 1 spiro atoms. The molecule has 1 unspecified atom stereocenters. The molecule has 1 fully saturated rings. The van der Waals surface area contributed by atoms with Crippen LogP contribution in [0.3, 0.4) is 0 Å². The molecule has 0 aromatic heterocycles. The normalized spacial score (nSPS) is 17.0. The van der Waals surface area contributed by atoms with Crippen molar-refractivity contribution in [3.63, 3.8) is 0 Å². The fourth-order valence-corrected chi connectivity index (χ4v) is 14.7. The average molecular weight is 982 g/mol. The van der Waals surface area contributed by atoms with Gasteiger partial charge in [-0.15, -0.1) is 0 Å². The third-order valence-electron chi connectivity index (χ3n) is 18.5. The van der Waals surface area contributed by atoms with Gasteiger partial charge in [0.25, 0.3) is 0 Å². The Morgan fingerprint density at radius 2 is 0.908 bits per heavy atom. The molecule has 76 heavy (non-hydrogen) atoms. The maximum atomic E-state index is 2.66. The maximum absolute atomic E-state index is 2.66. The van der Waals surface area contributed by atoms with Crippen LogP contribution in [0.4, 0.5) is 17.1 Å². The van der Waals surface area contributed by atoms with Gasteiger partial charge in [-0.3, -0.25) is 0 Å². The minimum atomic E-state index is -0.554. The van der Waals surface area contributed by atoms with Crippen molar-refractivity contribution in [2.24, 2.45) is 0 Å². The van der Waals surface area contributed by atoms with E-state index in [1.807, 2.05) is 0 Å². The number of anilines is 3. The summed E-state index contributed by atoms with van der Waals surface area (Å²) >= 11 is 0. The molecule has 0 heterocycles. The van der Waals surface area contributed by atoms with Crippen molar-refractivity contribution in [1.82, 2.24) is 0 Å². The van der Waals surface area contributed by atoms with Crippen molar-refractivity contribution in [1.29, 1.82) is 0 Å². The number of benzene rings is 10. The Morgan fingerprint density at radius 3 is 1.59 bits per heavy atom. The molecule has 0 N–H and O–H groups in total. The fraction of sp³-hybridized carbons (Fsp3) is 0.227. The summed E-state index contributed by atoms with van der Waals surface area (Å²) in [7, 11) is 0. The molecule has 372 valence electrons. The highest BCUT2D eigenvalue weighted by molar-refractivity contribution is 6.06. The summed E-state index contributed by atoms with van der Waals surface area (Å²) in [4.78, 5) is 2.66. The van der Waals surface area contributed by atoms with Crippen LogP contribution >= 0.6 is 0 Å². The van der Waals surface area contributed by atoms with Gasteiger partial charge in [-0.05, 0) is 161 Å². The highest BCUT2D eigenvalue weighted by Crippen LogP contribution is 2.65. The Hall–Kier alpha value is -7.74. The molecule has 1 nitrogen and oxygen atoms in total. The molecule has 0 radical (unpaired) electrons. The zero-order chi connectivity index (χ0) is 51.7. The minimum absolute atomic E-state index is 0.0401. The highest BCUT2D eigenvalue weighted by Gasteiger charge is 2.53. The lowest BCUT2D eigenvalue weighted by atomic mass is 9.68. The number of nitrogens with zero attached hydrogens (tertiary/aromatic N) is 1. The van der Waals surface area contributed by atoms with Gasteiger partial charge in [-0.2, -0.15) is 0 Å². The molecule has 0 amide bonds. The van der Waals surface area contributed by atoms with Crippen LogP contribution in [-0.4, -0.2) is 0 Å². The van der Waals surface area contributed by atoms with E-state index in [0.29, 0.717) is 5.92 Å². The lowest BCUT2D eigenvalue weighted by Gasteiger charge is -2.35. The number of para-hydroxylation sites is 1. The molecule has 4 aliphatic carbocycles. The maximum Gasteiger partial charge on any atom is 0.0726 e. The Kier molecular flexibility index (Phi) is 10.5. The second-order valence-corrected chi connectivity index (χ2v) is 24.7.